The molecule has 5 heteroatoms. The van der Waals surface area contributed by atoms with Gasteiger partial charge in [-0.05, 0) is 50.2 Å². The summed E-state index contributed by atoms with van der Waals surface area (Å²) in [6.45, 7) is 3.78. The van der Waals surface area contributed by atoms with E-state index in [1.165, 1.54) is 12.1 Å². The molecule has 1 amide bonds. The average molecular weight is 299 g/mol. The molecular weight excluding hydrogens is 282 g/mol. The van der Waals surface area contributed by atoms with E-state index in [9.17, 15) is 9.59 Å². The van der Waals surface area contributed by atoms with E-state index in [4.69, 9.17) is 9.84 Å². The van der Waals surface area contributed by atoms with Crippen LogP contribution in [0.25, 0.3) is 0 Å². The Labute approximate surface area is 128 Å². The van der Waals surface area contributed by atoms with E-state index in [-0.39, 0.29) is 17.6 Å². The molecule has 0 aliphatic heterocycles. The number of amides is 1. The van der Waals surface area contributed by atoms with Crippen LogP contribution in [0.1, 0.15) is 34.6 Å². The summed E-state index contributed by atoms with van der Waals surface area (Å²) in [7, 11) is 0. The second-order valence-corrected chi connectivity index (χ2v) is 5.00. The third kappa shape index (κ3) is 3.85. The molecule has 0 saturated heterocycles. The predicted molar refractivity (Wildman–Crippen MR) is 83.6 cm³/mol. The van der Waals surface area contributed by atoms with E-state index in [2.05, 4.69) is 5.32 Å². The fraction of sp³-hybridized carbons (Fsp3) is 0.176. The molecule has 114 valence electrons. The number of ether oxygens (including phenoxy) is 1. The number of rotatable bonds is 5. The summed E-state index contributed by atoms with van der Waals surface area (Å²) in [4.78, 5) is 23.1. The highest BCUT2D eigenvalue weighted by atomic mass is 16.5. The number of hydrogen-bond acceptors (Lipinski definition) is 3. The second-order valence-electron chi connectivity index (χ2n) is 5.00. The SMILES string of the molecule is CC(C)Oc1ccccc1C(=O)Nc1ccc(C(=O)O)cc1. The third-order valence-electron chi connectivity index (χ3n) is 2.88. The molecule has 0 bridgehead atoms. The van der Waals surface area contributed by atoms with Gasteiger partial charge in [0.05, 0.1) is 17.2 Å². The van der Waals surface area contributed by atoms with Crippen LogP contribution in [0, 0.1) is 0 Å². The van der Waals surface area contributed by atoms with Crippen molar-refractivity contribution in [2.24, 2.45) is 0 Å². The predicted octanol–water partition coefficient (Wildman–Crippen LogP) is 3.42. The number of carboxylic acid groups (broad SMARTS) is 1. The fourth-order valence-electron chi connectivity index (χ4n) is 1.91. The van der Waals surface area contributed by atoms with Gasteiger partial charge in [0.25, 0.3) is 5.91 Å². The minimum atomic E-state index is -1.01. The number of para-hydroxylation sites is 1. The molecule has 0 fully saturated rings. The molecular formula is C17H17NO4. The Bertz CT molecular complexity index is 677. The van der Waals surface area contributed by atoms with Crippen molar-refractivity contribution in [3.8, 4) is 5.75 Å². The van der Waals surface area contributed by atoms with Gasteiger partial charge in [-0.1, -0.05) is 12.1 Å². The number of anilines is 1. The molecule has 2 aromatic carbocycles. The van der Waals surface area contributed by atoms with Crippen LogP contribution in [0.15, 0.2) is 48.5 Å². The standard InChI is InChI=1S/C17H17NO4/c1-11(2)22-15-6-4-3-5-14(15)16(19)18-13-9-7-12(8-10-13)17(20)21/h3-11H,1-2H3,(H,18,19)(H,20,21). The maximum atomic E-state index is 12.3. The van der Waals surface area contributed by atoms with Crippen molar-refractivity contribution < 1.29 is 19.4 Å². The summed E-state index contributed by atoms with van der Waals surface area (Å²) in [5, 5.41) is 11.6. The summed E-state index contributed by atoms with van der Waals surface area (Å²) >= 11 is 0. The summed E-state index contributed by atoms with van der Waals surface area (Å²) < 4.78 is 5.62. The van der Waals surface area contributed by atoms with Gasteiger partial charge in [0, 0.05) is 5.69 Å². The van der Waals surface area contributed by atoms with Crippen molar-refractivity contribution in [2.45, 2.75) is 20.0 Å². The van der Waals surface area contributed by atoms with Gasteiger partial charge in [0.15, 0.2) is 0 Å². The largest absolute Gasteiger partial charge is 0.490 e. The Morgan fingerprint density at radius 1 is 1.05 bits per heavy atom. The molecule has 5 nitrogen and oxygen atoms in total. The molecule has 2 rings (SSSR count). The number of carbonyl (C=O) groups excluding carboxylic acids is 1. The van der Waals surface area contributed by atoms with E-state index in [0.29, 0.717) is 17.0 Å². The Balaban J connectivity index is 2.17. The molecule has 0 spiro atoms. The second kappa shape index (κ2) is 6.76. The van der Waals surface area contributed by atoms with Gasteiger partial charge >= 0.3 is 5.97 Å². The highest BCUT2D eigenvalue weighted by Crippen LogP contribution is 2.21. The Kier molecular flexibility index (Phi) is 4.78. The molecule has 2 N–H and O–H groups in total. The van der Waals surface area contributed by atoms with Gasteiger partial charge in [-0.25, -0.2) is 4.79 Å². The lowest BCUT2D eigenvalue weighted by Gasteiger charge is -2.14. The zero-order chi connectivity index (χ0) is 16.1. The topological polar surface area (TPSA) is 75.6 Å². The van der Waals surface area contributed by atoms with E-state index < -0.39 is 5.97 Å². The molecule has 0 aromatic heterocycles. The molecule has 22 heavy (non-hydrogen) atoms. The highest BCUT2D eigenvalue weighted by molar-refractivity contribution is 6.06. The van der Waals surface area contributed by atoms with E-state index in [1.54, 1.807) is 36.4 Å². The Morgan fingerprint density at radius 2 is 1.68 bits per heavy atom. The number of aromatic carboxylic acids is 1. The lowest BCUT2D eigenvalue weighted by molar-refractivity contribution is 0.0696. The van der Waals surface area contributed by atoms with Gasteiger partial charge < -0.3 is 15.2 Å². The van der Waals surface area contributed by atoms with Crippen molar-refractivity contribution in [1.82, 2.24) is 0 Å². The quantitative estimate of drug-likeness (QED) is 0.887. The van der Waals surface area contributed by atoms with E-state index >= 15 is 0 Å². The molecule has 0 saturated carbocycles. The van der Waals surface area contributed by atoms with Gasteiger partial charge in [0.1, 0.15) is 5.75 Å². The molecule has 0 heterocycles. The first kappa shape index (κ1) is 15.6. The highest BCUT2D eigenvalue weighted by Gasteiger charge is 2.13. The van der Waals surface area contributed by atoms with E-state index in [0.717, 1.165) is 0 Å². The van der Waals surface area contributed by atoms with Gasteiger partial charge in [-0.15, -0.1) is 0 Å². The normalized spacial score (nSPS) is 10.3. The number of carboxylic acids is 1. The first-order valence-corrected chi connectivity index (χ1v) is 6.88. The number of hydrogen-bond donors (Lipinski definition) is 2. The summed E-state index contributed by atoms with van der Waals surface area (Å²) in [6.07, 6.45) is -0.0381. The van der Waals surface area contributed by atoms with Crippen LogP contribution in [0.4, 0.5) is 5.69 Å². The van der Waals surface area contributed by atoms with Crippen LogP contribution in [0.5, 0.6) is 5.75 Å². The van der Waals surface area contributed by atoms with Crippen LogP contribution in [-0.4, -0.2) is 23.1 Å². The van der Waals surface area contributed by atoms with Crippen LogP contribution >= 0.6 is 0 Å². The van der Waals surface area contributed by atoms with Crippen molar-refractivity contribution in [1.29, 1.82) is 0 Å². The molecule has 2 aromatic rings. The fourth-order valence-corrected chi connectivity index (χ4v) is 1.91. The minimum Gasteiger partial charge on any atom is -0.490 e. The van der Waals surface area contributed by atoms with Crippen LogP contribution < -0.4 is 10.1 Å². The first-order chi connectivity index (χ1) is 10.5. The molecule has 0 unspecified atom stereocenters. The number of carbonyl (C=O) groups is 2. The Morgan fingerprint density at radius 3 is 2.27 bits per heavy atom. The van der Waals surface area contributed by atoms with Crippen molar-refractivity contribution in [2.75, 3.05) is 5.32 Å². The molecule has 0 radical (unpaired) electrons. The van der Waals surface area contributed by atoms with Crippen molar-refractivity contribution in [3.05, 3.63) is 59.7 Å². The van der Waals surface area contributed by atoms with Gasteiger partial charge in [0.2, 0.25) is 0 Å². The van der Waals surface area contributed by atoms with Crippen LogP contribution in [0.3, 0.4) is 0 Å². The van der Waals surface area contributed by atoms with E-state index in [1.807, 2.05) is 13.8 Å². The molecule has 0 aliphatic rings. The summed E-state index contributed by atoms with van der Waals surface area (Å²) in [5.74, 6) is -0.801. The molecule has 0 atom stereocenters. The van der Waals surface area contributed by atoms with Crippen LogP contribution in [-0.2, 0) is 0 Å². The van der Waals surface area contributed by atoms with Crippen LogP contribution in [0.2, 0.25) is 0 Å². The zero-order valence-corrected chi connectivity index (χ0v) is 12.4. The maximum absolute atomic E-state index is 12.3. The zero-order valence-electron chi connectivity index (χ0n) is 12.4. The summed E-state index contributed by atoms with van der Waals surface area (Å²) in [6, 6.07) is 13.0. The first-order valence-electron chi connectivity index (χ1n) is 6.88. The van der Waals surface area contributed by atoms with Gasteiger partial charge in [-0.3, -0.25) is 4.79 Å². The lowest BCUT2D eigenvalue weighted by Crippen LogP contribution is -2.15. The minimum absolute atomic E-state index is 0.0381. The summed E-state index contributed by atoms with van der Waals surface area (Å²) in [5.41, 5.74) is 1.12. The lowest BCUT2D eigenvalue weighted by atomic mass is 10.1. The Hall–Kier alpha value is -2.82. The number of nitrogens with one attached hydrogen (secondary N) is 1. The third-order valence-corrected chi connectivity index (χ3v) is 2.88. The average Bonchev–Trinajstić information content (AvgIpc) is 2.47. The van der Waals surface area contributed by atoms with Gasteiger partial charge in [-0.2, -0.15) is 0 Å². The van der Waals surface area contributed by atoms with Crippen molar-refractivity contribution in [3.63, 3.8) is 0 Å². The molecule has 0 aliphatic carbocycles. The van der Waals surface area contributed by atoms with Crippen molar-refractivity contribution >= 4 is 17.6 Å². The maximum Gasteiger partial charge on any atom is 0.335 e. The smallest absolute Gasteiger partial charge is 0.335 e. The number of benzene rings is 2. The monoisotopic (exact) mass is 299 g/mol.